The molecule has 3 aromatic rings. The number of halogens is 1. The molecule has 188 valence electrons. The number of nitrogens with one attached hydrogen (secondary N) is 1. The molecule has 6 nitrogen and oxygen atoms in total. The van der Waals surface area contributed by atoms with Crippen molar-refractivity contribution in [2.75, 3.05) is 18.0 Å². The summed E-state index contributed by atoms with van der Waals surface area (Å²) < 4.78 is 13.4. The minimum Gasteiger partial charge on any atom is -0.354 e. The number of benzene rings is 3. The first-order valence-corrected chi connectivity index (χ1v) is 12.6. The predicted octanol–water partition coefficient (Wildman–Crippen LogP) is 5.05. The lowest BCUT2D eigenvalue weighted by molar-refractivity contribution is -0.140. The lowest BCUT2D eigenvalue weighted by atomic mass is 10.1. The van der Waals surface area contributed by atoms with E-state index in [9.17, 15) is 18.8 Å². The Morgan fingerprint density at radius 2 is 1.75 bits per heavy atom. The summed E-state index contributed by atoms with van der Waals surface area (Å²) in [5, 5.41) is 4.87. The average Bonchev–Trinajstić information content (AvgIpc) is 3.16. The van der Waals surface area contributed by atoms with Gasteiger partial charge in [-0.3, -0.25) is 14.4 Å². The van der Waals surface area contributed by atoms with Crippen LogP contribution in [-0.2, 0) is 16.1 Å². The molecule has 1 heterocycles. The minimum atomic E-state index is -0.675. The normalized spacial score (nSPS) is 13.2. The van der Waals surface area contributed by atoms with Gasteiger partial charge in [-0.25, -0.2) is 4.39 Å². The standard InChI is InChI=1S/C29H32FN3O3/c1-3-4-17-31-28(35)20(2)33(19-21-13-15-23(30)16-14-21)26(34)12-7-18-32-25-11-6-9-22-8-5-10-24(27(22)25)29(32)36/h5-6,8-11,13-16,20H,3-4,7,12,17-19H2,1-2H3,(H,31,35)/t20-/m1/s1. The van der Waals surface area contributed by atoms with Crippen LogP contribution in [0.25, 0.3) is 10.8 Å². The molecule has 0 radical (unpaired) electrons. The Morgan fingerprint density at radius 1 is 1.03 bits per heavy atom. The Balaban J connectivity index is 1.44. The fourth-order valence-corrected chi connectivity index (χ4v) is 4.64. The van der Waals surface area contributed by atoms with Gasteiger partial charge in [-0.2, -0.15) is 0 Å². The third-order valence-electron chi connectivity index (χ3n) is 6.68. The van der Waals surface area contributed by atoms with Gasteiger partial charge in [-0.15, -0.1) is 0 Å². The smallest absolute Gasteiger partial charge is 0.258 e. The fraction of sp³-hybridized carbons (Fsp3) is 0.345. The average molecular weight is 490 g/mol. The van der Waals surface area contributed by atoms with Gasteiger partial charge in [0, 0.05) is 37.0 Å². The molecule has 36 heavy (non-hydrogen) atoms. The van der Waals surface area contributed by atoms with E-state index in [-0.39, 0.29) is 36.5 Å². The van der Waals surface area contributed by atoms with Crippen LogP contribution >= 0.6 is 0 Å². The highest BCUT2D eigenvalue weighted by atomic mass is 19.1. The Bertz CT molecular complexity index is 1250. The maximum atomic E-state index is 13.4. The molecule has 4 rings (SSSR count). The maximum Gasteiger partial charge on any atom is 0.258 e. The van der Waals surface area contributed by atoms with Gasteiger partial charge in [0.2, 0.25) is 11.8 Å². The van der Waals surface area contributed by atoms with Gasteiger partial charge in [-0.1, -0.05) is 49.7 Å². The van der Waals surface area contributed by atoms with Crippen LogP contribution in [0.1, 0.15) is 55.5 Å². The van der Waals surface area contributed by atoms with Crippen LogP contribution < -0.4 is 10.2 Å². The lowest BCUT2D eigenvalue weighted by Crippen LogP contribution is -2.47. The Morgan fingerprint density at radius 3 is 2.47 bits per heavy atom. The van der Waals surface area contributed by atoms with E-state index in [0.717, 1.165) is 34.9 Å². The number of amides is 3. The second-order valence-electron chi connectivity index (χ2n) is 9.21. The van der Waals surface area contributed by atoms with E-state index in [1.54, 1.807) is 24.0 Å². The fourth-order valence-electron chi connectivity index (χ4n) is 4.64. The van der Waals surface area contributed by atoms with E-state index in [1.807, 2.05) is 43.3 Å². The molecule has 0 aromatic heterocycles. The quantitative estimate of drug-likeness (QED) is 0.383. The summed E-state index contributed by atoms with van der Waals surface area (Å²) in [5.74, 6) is -0.801. The lowest BCUT2D eigenvalue weighted by Gasteiger charge is -2.29. The number of hydrogen-bond donors (Lipinski definition) is 1. The van der Waals surface area contributed by atoms with Crippen LogP contribution in [0.15, 0.2) is 60.7 Å². The van der Waals surface area contributed by atoms with Crippen molar-refractivity contribution in [3.05, 3.63) is 77.6 Å². The van der Waals surface area contributed by atoms with Crippen LogP contribution in [-0.4, -0.2) is 41.8 Å². The van der Waals surface area contributed by atoms with Crippen molar-refractivity contribution in [3.8, 4) is 0 Å². The number of unbranched alkanes of at least 4 members (excludes halogenated alkanes) is 1. The van der Waals surface area contributed by atoms with Crippen molar-refractivity contribution in [1.82, 2.24) is 10.2 Å². The highest BCUT2D eigenvalue weighted by molar-refractivity contribution is 6.25. The number of nitrogens with zero attached hydrogens (tertiary/aromatic N) is 2. The van der Waals surface area contributed by atoms with E-state index in [1.165, 1.54) is 17.0 Å². The van der Waals surface area contributed by atoms with Crippen LogP contribution in [0.2, 0.25) is 0 Å². The van der Waals surface area contributed by atoms with Crippen LogP contribution in [0.3, 0.4) is 0 Å². The number of carbonyl (C=O) groups excluding carboxylic acids is 3. The van der Waals surface area contributed by atoms with Crippen molar-refractivity contribution in [1.29, 1.82) is 0 Å². The van der Waals surface area contributed by atoms with Crippen LogP contribution in [0.4, 0.5) is 10.1 Å². The molecule has 0 bridgehead atoms. The zero-order valence-electron chi connectivity index (χ0n) is 20.8. The van der Waals surface area contributed by atoms with Crippen molar-refractivity contribution >= 4 is 34.2 Å². The zero-order chi connectivity index (χ0) is 25.7. The van der Waals surface area contributed by atoms with Crippen molar-refractivity contribution < 1.29 is 18.8 Å². The summed E-state index contributed by atoms with van der Waals surface area (Å²) in [4.78, 5) is 42.4. The molecule has 0 aliphatic carbocycles. The summed E-state index contributed by atoms with van der Waals surface area (Å²) >= 11 is 0. The maximum absolute atomic E-state index is 13.4. The molecule has 1 aliphatic heterocycles. The van der Waals surface area contributed by atoms with Gasteiger partial charge in [0.05, 0.1) is 5.69 Å². The molecule has 0 fully saturated rings. The topological polar surface area (TPSA) is 69.7 Å². The van der Waals surface area contributed by atoms with Gasteiger partial charge < -0.3 is 15.1 Å². The molecule has 3 aromatic carbocycles. The molecule has 7 heteroatoms. The highest BCUT2D eigenvalue weighted by Crippen LogP contribution is 2.37. The Kier molecular flexibility index (Phi) is 7.98. The second kappa shape index (κ2) is 11.3. The third-order valence-corrected chi connectivity index (χ3v) is 6.68. The van der Waals surface area contributed by atoms with E-state index in [4.69, 9.17) is 0 Å². The van der Waals surface area contributed by atoms with Crippen molar-refractivity contribution in [3.63, 3.8) is 0 Å². The first kappa shape index (κ1) is 25.4. The van der Waals surface area contributed by atoms with E-state index >= 15 is 0 Å². The van der Waals surface area contributed by atoms with Gasteiger partial charge in [0.1, 0.15) is 11.9 Å². The molecule has 3 amide bonds. The van der Waals surface area contributed by atoms with Gasteiger partial charge in [0.15, 0.2) is 0 Å². The number of rotatable bonds is 11. The first-order valence-electron chi connectivity index (χ1n) is 12.6. The van der Waals surface area contributed by atoms with Crippen LogP contribution in [0, 0.1) is 5.82 Å². The van der Waals surface area contributed by atoms with Crippen molar-refractivity contribution in [2.45, 2.75) is 52.1 Å². The molecule has 0 spiro atoms. The number of anilines is 1. The number of hydrogen-bond acceptors (Lipinski definition) is 3. The van der Waals surface area contributed by atoms with Gasteiger partial charge in [-0.05, 0) is 55.0 Å². The minimum absolute atomic E-state index is 0.0545. The highest BCUT2D eigenvalue weighted by Gasteiger charge is 2.30. The summed E-state index contributed by atoms with van der Waals surface area (Å²) in [6.45, 7) is 4.92. The van der Waals surface area contributed by atoms with E-state index in [0.29, 0.717) is 25.1 Å². The predicted molar refractivity (Wildman–Crippen MR) is 139 cm³/mol. The third kappa shape index (κ3) is 5.40. The molecular weight excluding hydrogens is 457 g/mol. The molecule has 0 saturated carbocycles. The summed E-state index contributed by atoms with van der Waals surface area (Å²) in [5.41, 5.74) is 2.30. The van der Waals surface area contributed by atoms with Gasteiger partial charge in [0.25, 0.3) is 5.91 Å². The second-order valence-corrected chi connectivity index (χ2v) is 9.21. The van der Waals surface area contributed by atoms with Crippen molar-refractivity contribution in [2.24, 2.45) is 0 Å². The van der Waals surface area contributed by atoms with E-state index in [2.05, 4.69) is 5.32 Å². The monoisotopic (exact) mass is 489 g/mol. The summed E-state index contributed by atoms with van der Waals surface area (Å²) in [6, 6.07) is 16.8. The van der Waals surface area contributed by atoms with E-state index < -0.39 is 6.04 Å². The SMILES string of the molecule is CCCCNC(=O)[C@@H](C)N(Cc1ccc(F)cc1)C(=O)CCCN1C(=O)c2cccc3cccc1c23. The Hall–Kier alpha value is -3.74. The first-order chi connectivity index (χ1) is 17.4. The zero-order valence-corrected chi connectivity index (χ0v) is 20.8. The molecule has 1 aliphatic rings. The molecule has 1 N–H and O–H groups in total. The largest absolute Gasteiger partial charge is 0.354 e. The summed E-state index contributed by atoms with van der Waals surface area (Å²) in [7, 11) is 0. The Labute approximate surface area is 211 Å². The summed E-state index contributed by atoms with van der Waals surface area (Å²) in [6.07, 6.45) is 2.46. The molecule has 1 atom stereocenters. The van der Waals surface area contributed by atoms with Gasteiger partial charge >= 0.3 is 0 Å². The molecule has 0 saturated heterocycles. The number of carbonyl (C=O) groups is 3. The molecule has 0 unspecified atom stereocenters. The van der Waals surface area contributed by atoms with Crippen LogP contribution in [0.5, 0.6) is 0 Å². The molecular formula is C29H32FN3O3.